The molecular formula is C10H12BrFMgO. The minimum absolute atomic E-state index is 0. The van der Waals surface area contributed by atoms with Crippen LogP contribution in [0.3, 0.4) is 0 Å². The van der Waals surface area contributed by atoms with Crippen molar-refractivity contribution in [1.82, 2.24) is 0 Å². The molecule has 0 amide bonds. The van der Waals surface area contributed by atoms with Gasteiger partial charge in [-0.25, -0.2) is 0 Å². The van der Waals surface area contributed by atoms with Crippen LogP contribution in [0.25, 0.3) is 0 Å². The van der Waals surface area contributed by atoms with Gasteiger partial charge in [-0.05, 0) is 6.42 Å². The molecular weight excluding hydrogens is 259 g/mol. The summed E-state index contributed by atoms with van der Waals surface area (Å²) in [6.07, 6.45) is 2.00. The number of benzene rings is 1. The zero-order chi connectivity index (χ0) is 8.81. The number of ether oxygens (including phenoxy) is 1. The maximum absolute atomic E-state index is 12.9. The zero-order valence-corrected chi connectivity index (χ0v) is 11.2. The quantitative estimate of drug-likeness (QED) is 0.405. The first-order chi connectivity index (χ1) is 5.84. The summed E-state index contributed by atoms with van der Waals surface area (Å²) in [6, 6.07) is 7.31. The molecule has 0 unspecified atom stereocenters. The summed E-state index contributed by atoms with van der Waals surface area (Å²) in [7, 11) is 0. The van der Waals surface area contributed by atoms with Crippen LogP contribution in [0.1, 0.15) is 19.8 Å². The van der Waals surface area contributed by atoms with Gasteiger partial charge in [-0.15, -0.1) is 12.1 Å². The van der Waals surface area contributed by atoms with Gasteiger partial charge in [0, 0.05) is 11.6 Å². The molecule has 0 bridgehead atoms. The Kier molecular flexibility index (Phi) is 11.6. The number of para-hydroxylation sites is 1. The fourth-order valence-corrected chi connectivity index (χ4v) is 0.830. The van der Waals surface area contributed by atoms with Gasteiger partial charge < -0.3 is 21.7 Å². The van der Waals surface area contributed by atoms with Crippen molar-refractivity contribution in [1.29, 1.82) is 0 Å². The second-order valence-corrected chi connectivity index (χ2v) is 2.55. The van der Waals surface area contributed by atoms with Crippen molar-refractivity contribution in [2.75, 3.05) is 6.61 Å². The van der Waals surface area contributed by atoms with E-state index in [9.17, 15) is 4.39 Å². The molecule has 74 valence electrons. The molecule has 0 aromatic heterocycles. The van der Waals surface area contributed by atoms with E-state index in [2.05, 4.69) is 13.0 Å². The van der Waals surface area contributed by atoms with Crippen LogP contribution in [0.5, 0.6) is 5.75 Å². The van der Waals surface area contributed by atoms with Gasteiger partial charge in [-0.1, -0.05) is 13.3 Å². The van der Waals surface area contributed by atoms with Crippen LogP contribution < -0.4 is 21.7 Å². The van der Waals surface area contributed by atoms with Crippen LogP contribution in [0.2, 0.25) is 0 Å². The van der Waals surface area contributed by atoms with Crippen LogP contribution in [0, 0.1) is 11.9 Å². The van der Waals surface area contributed by atoms with Crippen molar-refractivity contribution in [2.24, 2.45) is 0 Å². The molecule has 0 aliphatic rings. The average molecular weight is 271 g/mol. The van der Waals surface area contributed by atoms with E-state index >= 15 is 0 Å². The van der Waals surface area contributed by atoms with Crippen molar-refractivity contribution in [3.8, 4) is 5.75 Å². The Bertz CT molecular complexity index is 245. The third kappa shape index (κ3) is 5.83. The fourth-order valence-electron chi connectivity index (χ4n) is 0.830. The normalized spacial score (nSPS) is 8.43. The van der Waals surface area contributed by atoms with Gasteiger partial charge in [0.2, 0.25) is 0 Å². The molecule has 1 nitrogen and oxygen atoms in total. The summed E-state index contributed by atoms with van der Waals surface area (Å²) in [5, 5.41) is 0. The molecule has 0 N–H and O–H groups in total. The van der Waals surface area contributed by atoms with Gasteiger partial charge in [0.25, 0.3) is 0 Å². The maximum atomic E-state index is 12.9. The first kappa shape index (κ1) is 16.6. The third-order valence-electron chi connectivity index (χ3n) is 1.51. The Morgan fingerprint density at radius 2 is 2.21 bits per heavy atom. The van der Waals surface area contributed by atoms with E-state index < -0.39 is 0 Å². The summed E-state index contributed by atoms with van der Waals surface area (Å²) in [4.78, 5) is 0. The summed E-state index contributed by atoms with van der Waals surface area (Å²) in [5.41, 5.74) is 0. The predicted molar refractivity (Wildman–Crippen MR) is 51.4 cm³/mol. The Hall–Kier alpha value is 0.196. The summed E-state index contributed by atoms with van der Waals surface area (Å²) in [5.74, 6) is -0.112. The SMILES string of the molecule is CCCCOc1[c-]cccc1F.[Br-].[Mg+2]. The van der Waals surface area contributed by atoms with E-state index in [4.69, 9.17) is 4.74 Å². The van der Waals surface area contributed by atoms with E-state index in [-0.39, 0.29) is 51.6 Å². The monoisotopic (exact) mass is 270 g/mol. The van der Waals surface area contributed by atoms with Gasteiger partial charge >= 0.3 is 23.1 Å². The minimum atomic E-state index is -0.339. The first-order valence-electron chi connectivity index (χ1n) is 4.13. The van der Waals surface area contributed by atoms with Gasteiger partial charge in [0.05, 0.1) is 6.61 Å². The molecule has 0 fully saturated rings. The molecule has 0 heterocycles. The smallest absolute Gasteiger partial charge is 1.00 e. The summed E-state index contributed by atoms with van der Waals surface area (Å²) >= 11 is 0. The molecule has 14 heavy (non-hydrogen) atoms. The third-order valence-corrected chi connectivity index (χ3v) is 1.51. The van der Waals surface area contributed by atoms with Gasteiger partial charge in [0.15, 0.2) is 0 Å². The molecule has 0 atom stereocenters. The van der Waals surface area contributed by atoms with E-state index in [0.29, 0.717) is 6.61 Å². The van der Waals surface area contributed by atoms with Crippen molar-refractivity contribution in [3.63, 3.8) is 0 Å². The summed E-state index contributed by atoms with van der Waals surface area (Å²) in [6.45, 7) is 2.63. The fraction of sp³-hybridized carbons (Fsp3) is 0.400. The number of halogens is 2. The van der Waals surface area contributed by atoms with E-state index in [0.717, 1.165) is 12.8 Å². The molecule has 1 aromatic rings. The Morgan fingerprint density at radius 1 is 1.50 bits per heavy atom. The van der Waals surface area contributed by atoms with Crippen LogP contribution in [-0.2, 0) is 0 Å². The van der Waals surface area contributed by atoms with Crippen molar-refractivity contribution in [3.05, 3.63) is 30.1 Å². The van der Waals surface area contributed by atoms with Crippen LogP contribution in [0.15, 0.2) is 18.2 Å². The maximum Gasteiger partial charge on any atom is 2.00 e. The summed E-state index contributed by atoms with van der Waals surface area (Å²) < 4.78 is 18.0. The first-order valence-corrected chi connectivity index (χ1v) is 4.13. The number of rotatable bonds is 4. The molecule has 1 aromatic carbocycles. The number of hydrogen-bond donors (Lipinski definition) is 0. The predicted octanol–water partition coefficient (Wildman–Crippen LogP) is -0.572. The van der Waals surface area contributed by atoms with Crippen molar-refractivity contribution >= 4 is 23.1 Å². The molecule has 0 aliphatic heterocycles. The largest absolute Gasteiger partial charge is 2.00 e. The minimum Gasteiger partial charge on any atom is -1.00 e. The number of hydrogen-bond acceptors (Lipinski definition) is 1. The van der Waals surface area contributed by atoms with Gasteiger partial charge in [-0.2, -0.15) is 12.1 Å². The standard InChI is InChI=1S/C10H12FO.BrH.Mg/c1-2-3-8-12-10-7-5-4-6-9(10)11;;/h4-6H,2-3,8H2,1H3;1H;/q-1;;+2/p-1. The van der Waals surface area contributed by atoms with Crippen molar-refractivity contribution in [2.45, 2.75) is 19.8 Å². The van der Waals surface area contributed by atoms with Crippen LogP contribution in [0.4, 0.5) is 4.39 Å². The molecule has 0 radical (unpaired) electrons. The van der Waals surface area contributed by atoms with Gasteiger partial charge in [-0.3, -0.25) is 4.39 Å². The van der Waals surface area contributed by atoms with Crippen LogP contribution in [-0.4, -0.2) is 29.7 Å². The topological polar surface area (TPSA) is 9.23 Å². The van der Waals surface area contributed by atoms with E-state index in [1.807, 2.05) is 0 Å². The number of unbranched alkanes of at least 4 members (excludes halogenated alkanes) is 1. The Morgan fingerprint density at radius 3 is 2.79 bits per heavy atom. The Labute approximate surface area is 111 Å². The molecule has 0 spiro atoms. The van der Waals surface area contributed by atoms with E-state index in [1.54, 1.807) is 12.1 Å². The molecule has 1 rings (SSSR count). The Balaban J connectivity index is 0. The molecule has 4 heteroatoms. The molecule has 0 aliphatic carbocycles. The average Bonchev–Trinajstić information content (AvgIpc) is 2.09. The van der Waals surface area contributed by atoms with Crippen molar-refractivity contribution < 1.29 is 26.1 Å². The molecule has 0 saturated carbocycles. The molecule has 0 saturated heterocycles. The zero-order valence-electron chi connectivity index (χ0n) is 8.22. The second-order valence-electron chi connectivity index (χ2n) is 2.55. The van der Waals surface area contributed by atoms with Crippen LogP contribution >= 0.6 is 0 Å². The van der Waals surface area contributed by atoms with Gasteiger partial charge in [0.1, 0.15) is 0 Å². The van der Waals surface area contributed by atoms with E-state index in [1.165, 1.54) is 6.07 Å². The second kappa shape index (κ2) is 9.74.